The van der Waals surface area contributed by atoms with E-state index in [-0.39, 0.29) is 0 Å². The van der Waals surface area contributed by atoms with Crippen LogP contribution in [0, 0.1) is 5.92 Å². The molecule has 0 amide bonds. The van der Waals surface area contributed by atoms with Crippen LogP contribution in [-0.4, -0.2) is 24.0 Å². The van der Waals surface area contributed by atoms with Crippen molar-refractivity contribution >= 4 is 0 Å². The quantitative estimate of drug-likeness (QED) is 0.634. The van der Waals surface area contributed by atoms with Crippen molar-refractivity contribution in [3.8, 4) is 0 Å². The summed E-state index contributed by atoms with van der Waals surface area (Å²) in [4.78, 5) is 2.81. The van der Waals surface area contributed by atoms with Crippen molar-refractivity contribution in [3.05, 3.63) is 0 Å². The third-order valence-electron chi connectivity index (χ3n) is 4.28. The van der Waals surface area contributed by atoms with Gasteiger partial charge >= 0.3 is 0 Å². The Kier molecular flexibility index (Phi) is 4.49. The predicted octanol–water partition coefficient (Wildman–Crippen LogP) is 3.83. The largest absolute Gasteiger partial charge is 0.300 e. The van der Waals surface area contributed by atoms with E-state index in [0.29, 0.717) is 0 Å². The van der Waals surface area contributed by atoms with Crippen molar-refractivity contribution in [2.24, 2.45) is 5.92 Å². The van der Waals surface area contributed by atoms with E-state index in [0.717, 1.165) is 12.0 Å². The molecule has 1 aliphatic heterocycles. The fraction of sp³-hybridized carbons (Fsp3) is 1.00. The zero-order valence-electron chi connectivity index (χ0n) is 10.4. The standard InChI is InChI=1S/C14H27N/c1-13-8-7-11-15(12-13)14-9-5-3-2-4-6-10-14/h13-14H,2-12H2,1H3. The van der Waals surface area contributed by atoms with Gasteiger partial charge in [-0.15, -0.1) is 0 Å². The van der Waals surface area contributed by atoms with Gasteiger partial charge in [-0.3, -0.25) is 0 Å². The lowest BCUT2D eigenvalue weighted by Crippen LogP contribution is -2.42. The SMILES string of the molecule is CC1CCCN(C2CCCCCCC2)C1. The van der Waals surface area contributed by atoms with Crippen molar-refractivity contribution in [2.45, 2.75) is 70.8 Å². The number of hydrogen-bond donors (Lipinski definition) is 0. The van der Waals surface area contributed by atoms with E-state index in [9.17, 15) is 0 Å². The van der Waals surface area contributed by atoms with Crippen molar-refractivity contribution in [2.75, 3.05) is 13.1 Å². The van der Waals surface area contributed by atoms with E-state index < -0.39 is 0 Å². The van der Waals surface area contributed by atoms with E-state index in [2.05, 4.69) is 11.8 Å². The average molecular weight is 209 g/mol. The molecule has 0 aromatic carbocycles. The lowest BCUT2D eigenvalue weighted by Gasteiger charge is -2.38. The molecule has 0 radical (unpaired) electrons. The Labute approximate surface area is 95.2 Å². The molecule has 0 N–H and O–H groups in total. The number of nitrogens with zero attached hydrogens (tertiary/aromatic N) is 1. The highest BCUT2D eigenvalue weighted by Gasteiger charge is 2.23. The van der Waals surface area contributed by atoms with Crippen molar-refractivity contribution in [3.63, 3.8) is 0 Å². The Bertz CT molecular complexity index is 170. The second-order valence-electron chi connectivity index (χ2n) is 5.74. The molecule has 1 heterocycles. The first-order chi connectivity index (χ1) is 7.36. The van der Waals surface area contributed by atoms with Crippen LogP contribution in [0.15, 0.2) is 0 Å². The molecular formula is C14H27N. The van der Waals surface area contributed by atoms with Crippen LogP contribution >= 0.6 is 0 Å². The second-order valence-corrected chi connectivity index (χ2v) is 5.74. The van der Waals surface area contributed by atoms with Crippen LogP contribution in [-0.2, 0) is 0 Å². The molecule has 15 heavy (non-hydrogen) atoms. The molecule has 88 valence electrons. The minimum Gasteiger partial charge on any atom is -0.300 e. The van der Waals surface area contributed by atoms with E-state index >= 15 is 0 Å². The minimum atomic E-state index is 0.938. The Balaban J connectivity index is 1.83. The predicted molar refractivity (Wildman–Crippen MR) is 66.1 cm³/mol. The number of hydrogen-bond acceptors (Lipinski definition) is 1. The van der Waals surface area contributed by atoms with Gasteiger partial charge in [0, 0.05) is 12.6 Å². The Hall–Kier alpha value is -0.0400. The fourth-order valence-corrected chi connectivity index (χ4v) is 3.36. The molecule has 2 rings (SSSR count). The molecule has 1 saturated carbocycles. The summed E-state index contributed by atoms with van der Waals surface area (Å²) in [5, 5.41) is 0. The molecule has 0 bridgehead atoms. The summed E-state index contributed by atoms with van der Waals surface area (Å²) in [5.41, 5.74) is 0. The summed E-state index contributed by atoms with van der Waals surface area (Å²) in [6.07, 6.45) is 13.3. The Morgan fingerprint density at radius 2 is 1.47 bits per heavy atom. The lowest BCUT2D eigenvalue weighted by atomic mass is 9.92. The van der Waals surface area contributed by atoms with Crippen LogP contribution in [0.4, 0.5) is 0 Å². The molecule has 1 nitrogen and oxygen atoms in total. The Morgan fingerprint density at radius 3 is 2.13 bits per heavy atom. The van der Waals surface area contributed by atoms with E-state index in [1.54, 1.807) is 0 Å². The molecule has 0 aromatic rings. The molecule has 2 fully saturated rings. The number of rotatable bonds is 1. The van der Waals surface area contributed by atoms with Gasteiger partial charge in [-0.1, -0.05) is 39.0 Å². The zero-order valence-corrected chi connectivity index (χ0v) is 10.4. The highest BCUT2D eigenvalue weighted by molar-refractivity contribution is 4.78. The maximum Gasteiger partial charge on any atom is 0.00953 e. The highest BCUT2D eigenvalue weighted by Crippen LogP contribution is 2.25. The normalized spacial score (nSPS) is 32.2. The van der Waals surface area contributed by atoms with E-state index in [1.807, 2.05) is 0 Å². The smallest absolute Gasteiger partial charge is 0.00953 e. The molecule has 1 atom stereocenters. The molecule has 0 aromatic heterocycles. The van der Waals surface area contributed by atoms with Crippen molar-refractivity contribution in [1.29, 1.82) is 0 Å². The van der Waals surface area contributed by atoms with Gasteiger partial charge in [-0.2, -0.15) is 0 Å². The van der Waals surface area contributed by atoms with Gasteiger partial charge in [0.15, 0.2) is 0 Å². The molecule has 1 unspecified atom stereocenters. The van der Waals surface area contributed by atoms with Crippen LogP contribution < -0.4 is 0 Å². The van der Waals surface area contributed by atoms with Gasteiger partial charge in [0.2, 0.25) is 0 Å². The van der Waals surface area contributed by atoms with Gasteiger partial charge < -0.3 is 4.90 Å². The van der Waals surface area contributed by atoms with Crippen LogP contribution in [0.2, 0.25) is 0 Å². The summed E-state index contributed by atoms with van der Waals surface area (Å²) < 4.78 is 0. The van der Waals surface area contributed by atoms with Crippen LogP contribution in [0.1, 0.15) is 64.7 Å². The van der Waals surface area contributed by atoms with Crippen molar-refractivity contribution in [1.82, 2.24) is 4.90 Å². The van der Waals surface area contributed by atoms with Crippen LogP contribution in [0.3, 0.4) is 0 Å². The third kappa shape index (κ3) is 3.48. The minimum absolute atomic E-state index is 0.938. The van der Waals surface area contributed by atoms with Gasteiger partial charge in [0.05, 0.1) is 0 Å². The first kappa shape index (κ1) is 11.4. The molecule has 1 heteroatoms. The van der Waals surface area contributed by atoms with Gasteiger partial charge in [0.1, 0.15) is 0 Å². The van der Waals surface area contributed by atoms with Crippen LogP contribution in [0.5, 0.6) is 0 Å². The van der Waals surface area contributed by atoms with Crippen molar-refractivity contribution < 1.29 is 0 Å². The fourth-order valence-electron chi connectivity index (χ4n) is 3.36. The number of likely N-dealkylation sites (tertiary alicyclic amines) is 1. The monoisotopic (exact) mass is 209 g/mol. The Morgan fingerprint density at radius 1 is 0.800 bits per heavy atom. The van der Waals surface area contributed by atoms with Gasteiger partial charge in [0.25, 0.3) is 0 Å². The maximum absolute atomic E-state index is 2.81. The average Bonchev–Trinajstić information content (AvgIpc) is 2.16. The van der Waals surface area contributed by atoms with Gasteiger partial charge in [-0.25, -0.2) is 0 Å². The maximum atomic E-state index is 2.81. The highest BCUT2D eigenvalue weighted by atomic mass is 15.2. The van der Waals surface area contributed by atoms with E-state index in [1.165, 1.54) is 70.9 Å². The molecule has 2 aliphatic rings. The third-order valence-corrected chi connectivity index (χ3v) is 4.28. The topological polar surface area (TPSA) is 3.24 Å². The summed E-state index contributed by atoms with van der Waals surface area (Å²) in [5.74, 6) is 0.948. The molecule has 1 saturated heterocycles. The first-order valence-corrected chi connectivity index (χ1v) is 7.10. The molecule has 1 aliphatic carbocycles. The van der Waals surface area contributed by atoms with Crippen LogP contribution in [0.25, 0.3) is 0 Å². The molecule has 0 spiro atoms. The summed E-state index contributed by atoms with van der Waals surface area (Å²) in [7, 11) is 0. The molecular weight excluding hydrogens is 182 g/mol. The summed E-state index contributed by atoms with van der Waals surface area (Å²) >= 11 is 0. The first-order valence-electron chi connectivity index (χ1n) is 7.10. The second kappa shape index (κ2) is 5.89. The zero-order chi connectivity index (χ0) is 10.5. The summed E-state index contributed by atoms with van der Waals surface area (Å²) in [6.45, 7) is 5.19. The van der Waals surface area contributed by atoms with Gasteiger partial charge in [-0.05, 0) is 38.1 Å². The lowest BCUT2D eigenvalue weighted by molar-refractivity contribution is 0.111. The summed E-state index contributed by atoms with van der Waals surface area (Å²) in [6, 6.07) is 0.938. The van der Waals surface area contributed by atoms with E-state index in [4.69, 9.17) is 0 Å². The number of piperidine rings is 1.